The lowest BCUT2D eigenvalue weighted by Gasteiger charge is -2.09. The first-order valence-electron chi connectivity index (χ1n) is 8.09. The Morgan fingerprint density at radius 3 is 2.36 bits per heavy atom. The van der Waals surface area contributed by atoms with Crippen LogP contribution in [0.1, 0.15) is 44.0 Å². The smallest absolute Gasteiger partial charge is 0.491 e. The molecule has 140 valence electrons. The van der Waals surface area contributed by atoms with Gasteiger partial charge >= 0.3 is 12.1 Å². The zero-order valence-corrected chi connectivity index (χ0v) is 14.7. The van der Waals surface area contributed by atoms with Crippen LogP contribution in [-0.2, 0) is 24.3 Å². The van der Waals surface area contributed by atoms with Gasteiger partial charge in [0, 0.05) is 6.61 Å². The summed E-state index contributed by atoms with van der Waals surface area (Å²) >= 11 is 0. The summed E-state index contributed by atoms with van der Waals surface area (Å²) in [6.07, 6.45) is 0.856. The molecule has 0 aliphatic carbocycles. The van der Waals surface area contributed by atoms with Gasteiger partial charge in [-0.2, -0.15) is 0 Å². The zero-order chi connectivity index (χ0) is 18.5. The van der Waals surface area contributed by atoms with E-state index in [2.05, 4.69) is 19.6 Å². The second-order valence-corrected chi connectivity index (χ2v) is 5.28. The molecule has 0 saturated carbocycles. The van der Waals surface area contributed by atoms with Crippen LogP contribution in [0.3, 0.4) is 0 Å². The SMILES string of the molecule is CCCCOCCOC(=O)OOOC(=O)c1ccc(OC(C)C)cc1. The van der Waals surface area contributed by atoms with Crippen LogP contribution in [0.15, 0.2) is 24.3 Å². The van der Waals surface area contributed by atoms with E-state index in [1.807, 2.05) is 20.8 Å². The second kappa shape index (κ2) is 12.1. The predicted molar refractivity (Wildman–Crippen MR) is 86.9 cm³/mol. The van der Waals surface area contributed by atoms with E-state index in [-0.39, 0.29) is 24.9 Å². The lowest BCUT2D eigenvalue weighted by molar-refractivity contribution is -0.452. The minimum atomic E-state index is -1.13. The fourth-order valence-corrected chi connectivity index (χ4v) is 1.62. The molecule has 0 amide bonds. The molecule has 0 aromatic heterocycles. The maximum absolute atomic E-state index is 11.7. The van der Waals surface area contributed by atoms with Crippen molar-refractivity contribution in [2.24, 2.45) is 0 Å². The maximum atomic E-state index is 11.7. The van der Waals surface area contributed by atoms with E-state index in [1.54, 1.807) is 12.1 Å². The molecule has 8 heteroatoms. The molecule has 0 saturated heterocycles. The van der Waals surface area contributed by atoms with Gasteiger partial charge in [0.15, 0.2) is 0 Å². The quantitative estimate of drug-likeness (QED) is 0.258. The molecule has 0 N–H and O–H groups in total. The summed E-state index contributed by atoms with van der Waals surface area (Å²) in [5.41, 5.74) is 0.206. The molecule has 0 heterocycles. The van der Waals surface area contributed by atoms with Gasteiger partial charge in [-0.05, 0) is 44.5 Å². The van der Waals surface area contributed by atoms with Gasteiger partial charge in [-0.25, -0.2) is 14.5 Å². The van der Waals surface area contributed by atoms with Gasteiger partial charge in [0.05, 0.1) is 23.3 Å². The van der Waals surface area contributed by atoms with Gasteiger partial charge in [0.1, 0.15) is 12.4 Å². The van der Waals surface area contributed by atoms with Gasteiger partial charge in [0.2, 0.25) is 0 Å². The van der Waals surface area contributed by atoms with Crippen molar-refractivity contribution in [3.63, 3.8) is 0 Å². The van der Waals surface area contributed by atoms with E-state index >= 15 is 0 Å². The Balaban J connectivity index is 2.18. The fraction of sp³-hybridized carbons (Fsp3) is 0.529. The monoisotopic (exact) mass is 356 g/mol. The number of ether oxygens (including phenoxy) is 3. The Kier molecular flexibility index (Phi) is 10.0. The third-order valence-electron chi connectivity index (χ3n) is 2.76. The molecule has 0 bridgehead atoms. The van der Waals surface area contributed by atoms with Crippen molar-refractivity contribution in [1.29, 1.82) is 0 Å². The van der Waals surface area contributed by atoms with E-state index in [9.17, 15) is 9.59 Å². The Morgan fingerprint density at radius 2 is 1.72 bits per heavy atom. The molecular formula is C17H24O8. The summed E-state index contributed by atoms with van der Waals surface area (Å²) in [5, 5.41) is 4.11. The summed E-state index contributed by atoms with van der Waals surface area (Å²) in [6.45, 7) is 6.69. The Bertz CT molecular complexity index is 512. The highest BCUT2D eigenvalue weighted by Gasteiger charge is 2.12. The molecule has 0 atom stereocenters. The van der Waals surface area contributed by atoms with E-state index in [4.69, 9.17) is 9.47 Å². The molecule has 0 aliphatic rings. The standard InChI is InChI=1S/C17H24O8/c1-4-5-10-20-11-12-21-17(19)24-25-23-16(18)14-6-8-15(9-7-14)22-13(2)3/h6-9,13H,4-5,10-12H2,1-3H3. The molecule has 0 unspecified atom stereocenters. The predicted octanol–water partition coefficient (Wildman–Crippen LogP) is 3.45. The molecule has 25 heavy (non-hydrogen) atoms. The highest BCUT2D eigenvalue weighted by molar-refractivity contribution is 5.89. The number of carbonyl (C=O) groups is 2. The van der Waals surface area contributed by atoms with Gasteiger partial charge in [-0.1, -0.05) is 13.3 Å². The van der Waals surface area contributed by atoms with Crippen molar-refractivity contribution in [3.8, 4) is 5.75 Å². The molecule has 0 fully saturated rings. The van der Waals surface area contributed by atoms with Crippen molar-refractivity contribution in [3.05, 3.63) is 29.8 Å². The Labute approximate surface area is 146 Å². The van der Waals surface area contributed by atoms with Crippen LogP contribution < -0.4 is 4.74 Å². The van der Waals surface area contributed by atoms with Gasteiger partial charge in [-0.3, -0.25) is 4.89 Å². The fourth-order valence-electron chi connectivity index (χ4n) is 1.62. The number of unbranched alkanes of at least 4 members (excludes halogenated alkanes) is 1. The van der Waals surface area contributed by atoms with Gasteiger partial charge in [-0.15, -0.1) is 0 Å². The largest absolute Gasteiger partial charge is 0.543 e. The van der Waals surface area contributed by atoms with Crippen molar-refractivity contribution in [1.82, 2.24) is 0 Å². The highest BCUT2D eigenvalue weighted by Crippen LogP contribution is 2.14. The molecule has 1 rings (SSSR count). The number of carbonyl (C=O) groups excluding carboxylic acids is 2. The zero-order valence-electron chi connectivity index (χ0n) is 14.7. The van der Waals surface area contributed by atoms with E-state index < -0.39 is 12.1 Å². The summed E-state index contributed by atoms with van der Waals surface area (Å²) in [4.78, 5) is 31.3. The number of hydrogen-bond donors (Lipinski definition) is 0. The van der Waals surface area contributed by atoms with Crippen molar-refractivity contribution in [2.75, 3.05) is 19.8 Å². The molecule has 1 aromatic carbocycles. The van der Waals surface area contributed by atoms with Crippen LogP contribution in [0, 0.1) is 0 Å². The van der Waals surface area contributed by atoms with Crippen LogP contribution >= 0.6 is 0 Å². The summed E-state index contributed by atoms with van der Waals surface area (Å²) < 4.78 is 15.3. The van der Waals surface area contributed by atoms with Crippen LogP contribution in [-0.4, -0.2) is 38.0 Å². The van der Waals surface area contributed by atoms with Crippen LogP contribution in [0.4, 0.5) is 4.79 Å². The summed E-state index contributed by atoms with van der Waals surface area (Å²) in [5.74, 6) is -0.208. The lowest BCUT2D eigenvalue weighted by Crippen LogP contribution is -2.14. The van der Waals surface area contributed by atoms with Crippen molar-refractivity contribution >= 4 is 12.1 Å². The average Bonchev–Trinajstić information content (AvgIpc) is 2.58. The van der Waals surface area contributed by atoms with E-state index in [0.717, 1.165) is 12.8 Å². The van der Waals surface area contributed by atoms with Crippen molar-refractivity contribution < 1.29 is 38.6 Å². The number of hydrogen-bond acceptors (Lipinski definition) is 8. The highest BCUT2D eigenvalue weighted by atomic mass is 17.5. The number of rotatable bonds is 11. The molecular weight excluding hydrogens is 332 g/mol. The molecule has 1 aromatic rings. The minimum absolute atomic E-state index is 0.0111. The topological polar surface area (TPSA) is 89.5 Å². The van der Waals surface area contributed by atoms with Crippen molar-refractivity contribution in [2.45, 2.75) is 39.7 Å². The average molecular weight is 356 g/mol. The lowest BCUT2D eigenvalue weighted by atomic mass is 10.2. The second-order valence-electron chi connectivity index (χ2n) is 5.28. The third-order valence-corrected chi connectivity index (χ3v) is 2.76. The Hall–Kier alpha value is -2.32. The van der Waals surface area contributed by atoms with Crippen LogP contribution in [0.5, 0.6) is 5.75 Å². The molecule has 0 spiro atoms. The number of benzene rings is 1. The van der Waals surface area contributed by atoms with E-state index in [1.165, 1.54) is 12.1 Å². The Morgan fingerprint density at radius 1 is 1.00 bits per heavy atom. The van der Waals surface area contributed by atoms with Gasteiger partial charge in [0.25, 0.3) is 0 Å². The minimum Gasteiger partial charge on any atom is -0.491 e. The normalized spacial score (nSPS) is 10.4. The first-order chi connectivity index (χ1) is 12.0. The van der Waals surface area contributed by atoms with Crippen LogP contribution in [0.2, 0.25) is 0 Å². The first kappa shape index (κ1) is 20.7. The van der Waals surface area contributed by atoms with Gasteiger partial charge < -0.3 is 14.2 Å². The molecule has 0 radical (unpaired) electrons. The maximum Gasteiger partial charge on any atom is 0.543 e. The first-order valence-corrected chi connectivity index (χ1v) is 8.09. The summed E-state index contributed by atoms with van der Waals surface area (Å²) in [7, 11) is 0. The summed E-state index contributed by atoms with van der Waals surface area (Å²) in [6, 6.07) is 6.22. The third kappa shape index (κ3) is 9.53. The van der Waals surface area contributed by atoms with E-state index in [0.29, 0.717) is 12.4 Å². The van der Waals surface area contributed by atoms with Crippen LogP contribution in [0.25, 0.3) is 0 Å². The molecule has 0 aliphatic heterocycles. The molecule has 8 nitrogen and oxygen atoms in total.